The first-order valence-corrected chi connectivity index (χ1v) is 7.60. The molecule has 0 bridgehead atoms. The quantitative estimate of drug-likeness (QED) is 0.918. The highest BCUT2D eigenvalue weighted by Crippen LogP contribution is 2.15. The average molecular weight is 280 g/mol. The standard InChI is InChI=1S/C14H20N2O2S/c1-10(2)12(14(18)16-7-3-4-8-16)15-13(17)11-6-5-9-19-11/h5-6,9-10,12H,3-4,7-8H2,1-2H3,(H,15,17). The number of carbonyl (C=O) groups excluding carboxylic acids is 2. The van der Waals surface area contributed by atoms with Gasteiger partial charge in [0.2, 0.25) is 5.91 Å². The van der Waals surface area contributed by atoms with Gasteiger partial charge in [-0.1, -0.05) is 19.9 Å². The molecule has 2 rings (SSSR count). The second-order valence-electron chi connectivity index (χ2n) is 5.20. The Balaban J connectivity index is 2.03. The number of carbonyl (C=O) groups is 2. The second kappa shape index (κ2) is 6.19. The number of thiophene rings is 1. The lowest BCUT2D eigenvalue weighted by molar-refractivity contribution is -0.133. The fraction of sp³-hybridized carbons (Fsp3) is 0.571. The van der Waals surface area contributed by atoms with Crippen LogP contribution in [0.4, 0.5) is 0 Å². The maximum atomic E-state index is 12.4. The molecule has 1 aliphatic heterocycles. The third kappa shape index (κ3) is 3.35. The summed E-state index contributed by atoms with van der Waals surface area (Å²) in [6.07, 6.45) is 2.13. The van der Waals surface area contributed by atoms with Crippen LogP contribution in [0.1, 0.15) is 36.4 Å². The Labute approximate surface area is 117 Å². The number of nitrogens with one attached hydrogen (secondary N) is 1. The van der Waals surface area contributed by atoms with Crippen LogP contribution < -0.4 is 5.32 Å². The van der Waals surface area contributed by atoms with Gasteiger partial charge in [-0.25, -0.2) is 0 Å². The lowest BCUT2D eigenvalue weighted by atomic mass is 10.0. The number of hydrogen-bond acceptors (Lipinski definition) is 3. The van der Waals surface area contributed by atoms with Crippen molar-refractivity contribution < 1.29 is 9.59 Å². The summed E-state index contributed by atoms with van der Waals surface area (Å²) in [7, 11) is 0. The highest BCUT2D eigenvalue weighted by Gasteiger charge is 2.30. The number of likely N-dealkylation sites (tertiary alicyclic amines) is 1. The van der Waals surface area contributed by atoms with E-state index in [4.69, 9.17) is 0 Å². The van der Waals surface area contributed by atoms with Crippen LogP contribution in [-0.4, -0.2) is 35.8 Å². The molecular formula is C14H20N2O2S. The van der Waals surface area contributed by atoms with Crippen LogP contribution in [0.3, 0.4) is 0 Å². The predicted molar refractivity (Wildman–Crippen MR) is 76.2 cm³/mol. The van der Waals surface area contributed by atoms with Crippen LogP contribution in [0, 0.1) is 5.92 Å². The van der Waals surface area contributed by atoms with Crippen LogP contribution in [0.2, 0.25) is 0 Å². The van der Waals surface area contributed by atoms with Crippen molar-refractivity contribution in [1.82, 2.24) is 10.2 Å². The van der Waals surface area contributed by atoms with E-state index in [1.807, 2.05) is 30.2 Å². The summed E-state index contributed by atoms with van der Waals surface area (Å²) < 4.78 is 0. The minimum atomic E-state index is -0.423. The Morgan fingerprint density at radius 3 is 2.53 bits per heavy atom. The van der Waals surface area contributed by atoms with E-state index in [0.717, 1.165) is 25.9 Å². The summed E-state index contributed by atoms with van der Waals surface area (Å²) >= 11 is 1.39. The number of amides is 2. The molecule has 1 atom stereocenters. The van der Waals surface area contributed by atoms with Crippen LogP contribution in [0.15, 0.2) is 17.5 Å². The molecule has 0 radical (unpaired) electrons. The molecule has 19 heavy (non-hydrogen) atoms. The van der Waals surface area contributed by atoms with Crippen LogP contribution in [0.25, 0.3) is 0 Å². The molecule has 0 spiro atoms. The molecule has 1 aromatic rings. The molecule has 0 aromatic carbocycles. The first-order chi connectivity index (χ1) is 9.09. The van der Waals surface area contributed by atoms with Crippen molar-refractivity contribution >= 4 is 23.2 Å². The summed E-state index contributed by atoms with van der Waals surface area (Å²) in [4.78, 5) is 27.0. The van der Waals surface area contributed by atoms with Gasteiger partial charge in [-0.05, 0) is 30.2 Å². The van der Waals surface area contributed by atoms with Crippen molar-refractivity contribution in [3.63, 3.8) is 0 Å². The zero-order valence-corrected chi connectivity index (χ0v) is 12.2. The first kappa shape index (κ1) is 14.1. The van der Waals surface area contributed by atoms with Gasteiger partial charge in [0.25, 0.3) is 5.91 Å². The van der Waals surface area contributed by atoms with Gasteiger partial charge in [-0.15, -0.1) is 11.3 Å². The maximum Gasteiger partial charge on any atom is 0.262 e. The van der Waals surface area contributed by atoms with Gasteiger partial charge < -0.3 is 10.2 Å². The van der Waals surface area contributed by atoms with Crippen molar-refractivity contribution in [2.45, 2.75) is 32.7 Å². The largest absolute Gasteiger partial charge is 0.341 e. The van der Waals surface area contributed by atoms with E-state index in [0.29, 0.717) is 4.88 Å². The minimum Gasteiger partial charge on any atom is -0.341 e. The van der Waals surface area contributed by atoms with E-state index in [1.54, 1.807) is 6.07 Å². The lowest BCUT2D eigenvalue weighted by Gasteiger charge is -2.26. The third-order valence-corrected chi connectivity index (χ3v) is 4.25. The fourth-order valence-corrected chi connectivity index (χ4v) is 2.89. The van der Waals surface area contributed by atoms with E-state index in [-0.39, 0.29) is 17.7 Å². The zero-order chi connectivity index (χ0) is 13.8. The monoisotopic (exact) mass is 280 g/mol. The molecule has 1 saturated heterocycles. The van der Waals surface area contributed by atoms with Gasteiger partial charge >= 0.3 is 0 Å². The van der Waals surface area contributed by atoms with E-state index in [9.17, 15) is 9.59 Å². The van der Waals surface area contributed by atoms with Crippen molar-refractivity contribution in [2.75, 3.05) is 13.1 Å². The van der Waals surface area contributed by atoms with Gasteiger partial charge in [-0.3, -0.25) is 9.59 Å². The van der Waals surface area contributed by atoms with E-state index in [2.05, 4.69) is 5.32 Å². The number of rotatable bonds is 4. The third-order valence-electron chi connectivity index (χ3n) is 3.38. The zero-order valence-electron chi connectivity index (χ0n) is 11.4. The van der Waals surface area contributed by atoms with E-state index < -0.39 is 6.04 Å². The summed E-state index contributed by atoms with van der Waals surface area (Å²) in [5.41, 5.74) is 0. The molecule has 2 amide bonds. The summed E-state index contributed by atoms with van der Waals surface area (Å²) in [5.74, 6) is -0.00401. The van der Waals surface area contributed by atoms with Crippen LogP contribution >= 0.6 is 11.3 Å². The van der Waals surface area contributed by atoms with Crippen LogP contribution in [0.5, 0.6) is 0 Å². The first-order valence-electron chi connectivity index (χ1n) is 6.72. The molecule has 1 unspecified atom stereocenters. The average Bonchev–Trinajstić information content (AvgIpc) is 3.05. The molecule has 4 nitrogen and oxygen atoms in total. The highest BCUT2D eigenvalue weighted by atomic mass is 32.1. The van der Waals surface area contributed by atoms with Gasteiger partial charge in [0.05, 0.1) is 4.88 Å². The molecular weight excluding hydrogens is 260 g/mol. The molecule has 0 saturated carbocycles. The Bertz CT molecular complexity index is 436. The second-order valence-corrected chi connectivity index (χ2v) is 6.15. The topological polar surface area (TPSA) is 49.4 Å². The van der Waals surface area contributed by atoms with E-state index in [1.165, 1.54) is 11.3 Å². The molecule has 5 heteroatoms. The molecule has 104 valence electrons. The number of hydrogen-bond donors (Lipinski definition) is 1. The Kier molecular flexibility index (Phi) is 4.58. The van der Waals surface area contributed by atoms with E-state index >= 15 is 0 Å². The summed E-state index contributed by atoms with van der Waals surface area (Å²) in [6, 6.07) is 3.19. The highest BCUT2D eigenvalue weighted by molar-refractivity contribution is 7.12. The maximum absolute atomic E-state index is 12.4. The summed E-state index contributed by atoms with van der Waals surface area (Å²) in [5, 5.41) is 4.74. The summed E-state index contributed by atoms with van der Waals surface area (Å²) in [6.45, 7) is 5.56. The Morgan fingerprint density at radius 1 is 1.32 bits per heavy atom. The van der Waals surface area contributed by atoms with Gasteiger partial charge in [0, 0.05) is 13.1 Å². The SMILES string of the molecule is CC(C)C(NC(=O)c1cccs1)C(=O)N1CCCC1. The van der Waals surface area contributed by atoms with Crippen molar-refractivity contribution in [1.29, 1.82) is 0 Å². The normalized spacial score (nSPS) is 16.7. The molecule has 1 aliphatic rings. The van der Waals surface area contributed by atoms with Crippen molar-refractivity contribution in [2.24, 2.45) is 5.92 Å². The minimum absolute atomic E-state index is 0.0532. The van der Waals surface area contributed by atoms with Gasteiger partial charge in [0.1, 0.15) is 6.04 Å². The predicted octanol–water partition coefficient (Wildman–Crippen LogP) is 2.12. The van der Waals surface area contributed by atoms with Gasteiger partial charge in [0.15, 0.2) is 0 Å². The molecule has 0 aliphatic carbocycles. The van der Waals surface area contributed by atoms with Gasteiger partial charge in [-0.2, -0.15) is 0 Å². The van der Waals surface area contributed by atoms with Crippen molar-refractivity contribution in [3.8, 4) is 0 Å². The molecule has 2 heterocycles. The Morgan fingerprint density at radius 2 is 2.00 bits per heavy atom. The van der Waals surface area contributed by atoms with Crippen molar-refractivity contribution in [3.05, 3.63) is 22.4 Å². The lowest BCUT2D eigenvalue weighted by Crippen LogP contribution is -2.50. The molecule has 1 fully saturated rings. The molecule has 1 N–H and O–H groups in total. The smallest absolute Gasteiger partial charge is 0.262 e. The van der Waals surface area contributed by atoms with Crippen LogP contribution in [-0.2, 0) is 4.79 Å². The number of nitrogens with zero attached hydrogens (tertiary/aromatic N) is 1. The molecule has 1 aromatic heterocycles. The fourth-order valence-electron chi connectivity index (χ4n) is 2.27. The Hall–Kier alpha value is -1.36.